The van der Waals surface area contributed by atoms with Crippen LogP contribution >= 0.6 is 0 Å². The number of halogens is 1. The molecule has 1 saturated heterocycles. The van der Waals surface area contributed by atoms with Crippen LogP contribution < -0.4 is 10.6 Å². The molecule has 4 amide bonds. The summed E-state index contributed by atoms with van der Waals surface area (Å²) in [6, 6.07) is 2.15. The summed E-state index contributed by atoms with van der Waals surface area (Å²) in [6.07, 6.45) is -0.816. The number of rotatable bonds is 3. The summed E-state index contributed by atoms with van der Waals surface area (Å²) < 4.78 is 25.3. The lowest BCUT2D eigenvalue weighted by atomic mass is 9.94. The quantitative estimate of drug-likeness (QED) is 0.742. The van der Waals surface area contributed by atoms with Gasteiger partial charge in [0.15, 0.2) is 0 Å². The largest absolute Gasteiger partial charge is 0.459 e. The summed E-state index contributed by atoms with van der Waals surface area (Å²) in [4.78, 5) is 49.5. The van der Waals surface area contributed by atoms with Crippen LogP contribution in [-0.2, 0) is 31.1 Å². The van der Waals surface area contributed by atoms with Crippen LogP contribution in [0, 0.1) is 5.82 Å². The van der Waals surface area contributed by atoms with Gasteiger partial charge >= 0.3 is 18.1 Å². The van der Waals surface area contributed by atoms with Gasteiger partial charge in [0, 0.05) is 19.0 Å². The molecule has 1 aromatic carbocycles. The predicted molar refractivity (Wildman–Crippen MR) is 98.5 cm³/mol. The number of fused-ring (bicyclic) bond motifs is 2. The number of hydrogen-bond donors (Lipinski definition) is 2. The van der Waals surface area contributed by atoms with Crippen LogP contribution in [0.5, 0.6) is 0 Å². The van der Waals surface area contributed by atoms with Crippen molar-refractivity contribution in [3.63, 3.8) is 0 Å². The molecule has 0 aromatic heterocycles. The van der Waals surface area contributed by atoms with Crippen molar-refractivity contribution in [3.8, 4) is 0 Å². The van der Waals surface area contributed by atoms with E-state index in [0.717, 1.165) is 0 Å². The number of carbonyl (C=O) groups excluding carboxylic acids is 4. The molecule has 0 unspecified atom stereocenters. The summed E-state index contributed by atoms with van der Waals surface area (Å²) in [7, 11) is 1.39. The van der Waals surface area contributed by atoms with Crippen LogP contribution in [0.1, 0.15) is 38.3 Å². The molecule has 1 heterocycles. The van der Waals surface area contributed by atoms with Gasteiger partial charge in [-0.2, -0.15) is 0 Å². The van der Waals surface area contributed by atoms with Gasteiger partial charge in [-0.05, 0) is 38.8 Å². The average molecular weight is 407 g/mol. The molecule has 156 valence electrons. The van der Waals surface area contributed by atoms with Gasteiger partial charge in [-0.25, -0.2) is 18.9 Å². The van der Waals surface area contributed by atoms with E-state index < -0.39 is 47.6 Å². The number of urea groups is 1. The fourth-order valence-corrected chi connectivity index (χ4v) is 3.48. The number of hydrogen-bond acceptors (Lipinski definition) is 6. The van der Waals surface area contributed by atoms with E-state index in [1.807, 2.05) is 0 Å². The molecule has 1 aromatic rings. The van der Waals surface area contributed by atoms with E-state index in [9.17, 15) is 23.6 Å². The molecule has 0 bridgehead atoms. The standard InChI is InChI=1S/C19H22FN3O6/c1-18(2,3)28-13(24)9-23-15(25)19(29-17(23)27)8-7-10-11(19)5-6-12(14(10)20)22-16(26)21-4/h5-6H,7-9H2,1-4H3,(H2,21,22,26)/t19-/m1/s1. The second-order valence-corrected chi connectivity index (χ2v) is 7.83. The van der Waals surface area contributed by atoms with E-state index in [2.05, 4.69) is 10.6 Å². The number of benzene rings is 1. The minimum atomic E-state index is -1.68. The third-order valence-corrected chi connectivity index (χ3v) is 4.66. The lowest BCUT2D eigenvalue weighted by Crippen LogP contribution is -2.41. The molecule has 1 aliphatic carbocycles. The Morgan fingerprint density at radius 3 is 2.62 bits per heavy atom. The molecule has 1 fully saturated rings. The molecule has 1 atom stereocenters. The first-order valence-corrected chi connectivity index (χ1v) is 9.06. The highest BCUT2D eigenvalue weighted by molar-refractivity contribution is 6.06. The molecule has 10 heteroatoms. The van der Waals surface area contributed by atoms with Crippen LogP contribution in [0.25, 0.3) is 0 Å². The molecular formula is C19H22FN3O6. The molecule has 0 saturated carbocycles. The van der Waals surface area contributed by atoms with E-state index in [1.54, 1.807) is 20.8 Å². The van der Waals surface area contributed by atoms with E-state index in [-0.39, 0.29) is 29.7 Å². The molecule has 1 aliphatic heterocycles. The highest BCUT2D eigenvalue weighted by Gasteiger charge is 2.59. The van der Waals surface area contributed by atoms with E-state index >= 15 is 0 Å². The number of nitrogens with zero attached hydrogens (tertiary/aromatic N) is 1. The normalized spacial score (nSPS) is 20.5. The van der Waals surface area contributed by atoms with Crippen LogP contribution in [0.3, 0.4) is 0 Å². The Bertz CT molecular complexity index is 910. The van der Waals surface area contributed by atoms with Crippen molar-refractivity contribution in [2.45, 2.75) is 44.8 Å². The Labute approximate surface area is 166 Å². The molecule has 2 N–H and O–H groups in total. The zero-order valence-corrected chi connectivity index (χ0v) is 16.6. The van der Waals surface area contributed by atoms with Crippen molar-refractivity contribution in [1.82, 2.24) is 10.2 Å². The Hall–Kier alpha value is -3.17. The van der Waals surface area contributed by atoms with Gasteiger partial charge in [-0.1, -0.05) is 6.07 Å². The van der Waals surface area contributed by atoms with Gasteiger partial charge in [-0.3, -0.25) is 9.59 Å². The van der Waals surface area contributed by atoms with E-state index in [1.165, 1.54) is 19.2 Å². The Morgan fingerprint density at radius 1 is 1.31 bits per heavy atom. The zero-order valence-electron chi connectivity index (χ0n) is 16.6. The summed E-state index contributed by atoms with van der Waals surface area (Å²) in [5.41, 5.74) is -2.12. The maximum absolute atomic E-state index is 14.8. The van der Waals surface area contributed by atoms with E-state index in [0.29, 0.717) is 4.90 Å². The number of amides is 4. The Balaban J connectivity index is 1.87. The smallest absolute Gasteiger partial charge is 0.418 e. The Kier molecular flexibility index (Phi) is 4.97. The van der Waals surface area contributed by atoms with E-state index in [4.69, 9.17) is 9.47 Å². The minimum Gasteiger partial charge on any atom is -0.459 e. The third kappa shape index (κ3) is 3.62. The van der Waals surface area contributed by atoms with Crippen LogP contribution in [-0.4, -0.2) is 48.1 Å². The van der Waals surface area contributed by atoms with Gasteiger partial charge in [0.25, 0.3) is 5.91 Å². The van der Waals surface area contributed by atoms with Crippen molar-refractivity contribution < 1.29 is 33.0 Å². The fourth-order valence-electron chi connectivity index (χ4n) is 3.48. The molecule has 0 radical (unpaired) electrons. The van der Waals surface area contributed by atoms with Gasteiger partial charge in [0.2, 0.25) is 5.60 Å². The van der Waals surface area contributed by atoms with Crippen LogP contribution in [0.15, 0.2) is 12.1 Å². The van der Waals surface area contributed by atoms with Crippen LogP contribution in [0.4, 0.5) is 19.7 Å². The number of imide groups is 1. The SMILES string of the molecule is CNC(=O)Nc1ccc2c(c1F)CC[C@@]21OC(=O)N(CC(=O)OC(C)(C)C)C1=O. The lowest BCUT2D eigenvalue weighted by Gasteiger charge is -2.22. The zero-order chi connectivity index (χ0) is 21.6. The highest BCUT2D eigenvalue weighted by atomic mass is 19.1. The number of nitrogens with one attached hydrogen (secondary N) is 2. The van der Waals surface area contributed by atoms with Crippen molar-refractivity contribution >= 4 is 29.7 Å². The van der Waals surface area contributed by atoms with Gasteiger partial charge < -0.3 is 20.1 Å². The first-order chi connectivity index (χ1) is 13.5. The van der Waals surface area contributed by atoms with Crippen molar-refractivity contribution in [2.24, 2.45) is 0 Å². The number of ether oxygens (including phenoxy) is 2. The second-order valence-electron chi connectivity index (χ2n) is 7.83. The summed E-state index contributed by atoms with van der Waals surface area (Å²) in [6.45, 7) is 4.40. The second kappa shape index (κ2) is 7.02. The van der Waals surface area contributed by atoms with Crippen molar-refractivity contribution in [3.05, 3.63) is 29.1 Å². The Morgan fingerprint density at radius 2 is 2.00 bits per heavy atom. The maximum atomic E-state index is 14.8. The number of esters is 1. The summed E-state index contributed by atoms with van der Waals surface area (Å²) >= 11 is 0. The van der Waals surface area contributed by atoms with Crippen molar-refractivity contribution in [1.29, 1.82) is 0 Å². The summed E-state index contributed by atoms with van der Waals surface area (Å²) in [5, 5.41) is 4.68. The third-order valence-electron chi connectivity index (χ3n) is 4.66. The molecule has 2 aliphatic rings. The fraction of sp³-hybridized carbons (Fsp3) is 0.474. The van der Waals surface area contributed by atoms with Gasteiger partial charge in [0.1, 0.15) is 18.0 Å². The molecule has 3 rings (SSSR count). The molecule has 29 heavy (non-hydrogen) atoms. The summed E-state index contributed by atoms with van der Waals surface area (Å²) in [5.74, 6) is -2.19. The first kappa shape index (κ1) is 20.6. The first-order valence-electron chi connectivity index (χ1n) is 9.06. The monoisotopic (exact) mass is 407 g/mol. The lowest BCUT2D eigenvalue weighted by molar-refractivity contribution is -0.157. The topological polar surface area (TPSA) is 114 Å². The average Bonchev–Trinajstić information content (AvgIpc) is 3.10. The minimum absolute atomic E-state index is 0.0398. The molecular weight excluding hydrogens is 385 g/mol. The van der Waals surface area contributed by atoms with Gasteiger partial charge in [0.05, 0.1) is 5.69 Å². The molecule has 1 spiro atoms. The van der Waals surface area contributed by atoms with Crippen molar-refractivity contribution in [2.75, 3.05) is 18.9 Å². The molecule has 9 nitrogen and oxygen atoms in total. The predicted octanol–water partition coefficient (Wildman–Crippen LogP) is 2.04. The highest BCUT2D eigenvalue weighted by Crippen LogP contribution is 2.47. The number of carbonyl (C=O) groups is 4. The maximum Gasteiger partial charge on any atom is 0.418 e. The van der Waals surface area contributed by atoms with Crippen LogP contribution in [0.2, 0.25) is 0 Å². The number of anilines is 1. The van der Waals surface area contributed by atoms with Gasteiger partial charge in [-0.15, -0.1) is 0 Å².